The highest BCUT2D eigenvalue weighted by atomic mass is 19.1. The smallest absolute Gasteiger partial charge is 0.336 e. The first kappa shape index (κ1) is 10.4. The van der Waals surface area contributed by atoms with Gasteiger partial charge in [-0.1, -0.05) is 30.3 Å². The molecule has 0 aliphatic rings. The molecule has 0 saturated heterocycles. The van der Waals surface area contributed by atoms with Crippen LogP contribution in [-0.2, 0) is 0 Å². The van der Waals surface area contributed by atoms with E-state index in [1.165, 1.54) is 12.1 Å². The van der Waals surface area contributed by atoms with Crippen LogP contribution < -0.4 is 0 Å². The molecule has 3 heteroatoms. The third-order valence-corrected chi connectivity index (χ3v) is 2.30. The van der Waals surface area contributed by atoms with Gasteiger partial charge in [0, 0.05) is 0 Å². The second-order valence-corrected chi connectivity index (χ2v) is 3.36. The Kier molecular flexibility index (Phi) is 2.68. The van der Waals surface area contributed by atoms with Gasteiger partial charge in [-0.15, -0.1) is 0 Å². The summed E-state index contributed by atoms with van der Waals surface area (Å²) in [5.41, 5.74) is 1.19. The molecule has 0 saturated carbocycles. The standard InChI is InChI=1S/C13H9FO2/c14-10-6-7-11(13(15)16)12(8-10)9-4-2-1-3-5-9/h1-8H,(H,15,16). The topological polar surface area (TPSA) is 37.3 Å². The van der Waals surface area contributed by atoms with Crippen LogP contribution in [0, 0.1) is 5.82 Å². The molecule has 0 heterocycles. The third-order valence-electron chi connectivity index (χ3n) is 2.30. The van der Waals surface area contributed by atoms with Crippen LogP contribution >= 0.6 is 0 Å². The lowest BCUT2D eigenvalue weighted by molar-refractivity contribution is 0.0697. The summed E-state index contributed by atoms with van der Waals surface area (Å²) in [5.74, 6) is -1.50. The zero-order chi connectivity index (χ0) is 11.5. The molecule has 0 fully saturated rings. The van der Waals surface area contributed by atoms with Gasteiger partial charge < -0.3 is 5.11 Å². The minimum absolute atomic E-state index is 0.104. The zero-order valence-corrected chi connectivity index (χ0v) is 8.35. The summed E-state index contributed by atoms with van der Waals surface area (Å²) >= 11 is 0. The fourth-order valence-corrected chi connectivity index (χ4v) is 1.56. The van der Waals surface area contributed by atoms with Crippen LogP contribution in [0.1, 0.15) is 10.4 Å². The molecule has 2 nitrogen and oxygen atoms in total. The van der Waals surface area contributed by atoms with Crippen molar-refractivity contribution >= 4 is 5.97 Å². The van der Waals surface area contributed by atoms with Gasteiger partial charge in [0.05, 0.1) is 5.56 Å². The molecule has 2 aromatic carbocycles. The van der Waals surface area contributed by atoms with Crippen molar-refractivity contribution in [3.05, 3.63) is 59.9 Å². The van der Waals surface area contributed by atoms with E-state index in [1.807, 2.05) is 6.07 Å². The highest BCUT2D eigenvalue weighted by Crippen LogP contribution is 2.24. The van der Waals surface area contributed by atoms with Gasteiger partial charge in [-0.05, 0) is 29.3 Å². The van der Waals surface area contributed by atoms with Gasteiger partial charge in [0.1, 0.15) is 5.82 Å². The lowest BCUT2D eigenvalue weighted by atomic mass is 10.00. The molecule has 0 atom stereocenters. The molecule has 0 bridgehead atoms. The summed E-state index contributed by atoms with van der Waals surface area (Å²) in [6, 6.07) is 12.6. The number of rotatable bonds is 2. The number of hydrogen-bond acceptors (Lipinski definition) is 1. The normalized spacial score (nSPS) is 10.1. The number of halogens is 1. The van der Waals surface area contributed by atoms with Crippen molar-refractivity contribution in [3.8, 4) is 11.1 Å². The Morgan fingerprint density at radius 2 is 1.75 bits per heavy atom. The molecule has 0 unspecified atom stereocenters. The number of carboxylic acid groups (broad SMARTS) is 1. The van der Waals surface area contributed by atoms with Crippen LogP contribution in [0.2, 0.25) is 0 Å². The largest absolute Gasteiger partial charge is 0.478 e. The monoisotopic (exact) mass is 216 g/mol. The van der Waals surface area contributed by atoms with Crippen LogP contribution in [0.4, 0.5) is 4.39 Å². The maximum atomic E-state index is 13.1. The Bertz CT molecular complexity index is 521. The summed E-state index contributed by atoms with van der Waals surface area (Å²) in [4.78, 5) is 11.0. The van der Waals surface area contributed by atoms with Gasteiger partial charge in [0.2, 0.25) is 0 Å². The Balaban J connectivity index is 2.63. The van der Waals surface area contributed by atoms with E-state index in [1.54, 1.807) is 24.3 Å². The molecule has 80 valence electrons. The van der Waals surface area contributed by atoms with Crippen LogP contribution in [0.15, 0.2) is 48.5 Å². The molecule has 0 radical (unpaired) electrons. The fraction of sp³-hybridized carbons (Fsp3) is 0. The number of aromatic carboxylic acids is 1. The van der Waals surface area contributed by atoms with Gasteiger partial charge in [-0.2, -0.15) is 0 Å². The van der Waals surface area contributed by atoms with Crippen LogP contribution in [0.25, 0.3) is 11.1 Å². The van der Waals surface area contributed by atoms with Gasteiger partial charge in [0.25, 0.3) is 0 Å². The van der Waals surface area contributed by atoms with Gasteiger partial charge in [0.15, 0.2) is 0 Å². The first-order valence-corrected chi connectivity index (χ1v) is 4.77. The number of hydrogen-bond donors (Lipinski definition) is 1. The number of benzene rings is 2. The summed E-state index contributed by atoms with van der Waals surface area (Å²) in [7, 11) is 0. The maximum Gasteiger partial charge on any atom is 0.336 e. The Hall–Kier alpha value is -2.16. The lowest BCUT2D eigenvalue weighted by Crippen LogP contribution is -1.99. The van der Waals surface area contributed by atoms with E-state index in [4.69, 9.17) is 5.11 Å². The summed E-state index contributed by atoms with van der Waals surface area (Å²) in [6.45, 7) is 0. The van der Waals surface area contributed by atoms with E-state index >= 15 is 0 Å². The Morgan fingerprint density at radius 1 is 1.06 bits per heavy atom. The Morgan fingerprint density at radius 3 is 2.38 bits per heavy atom. The van der Waals surface area contributed by atoms with Gasteiger partial charge in [-0.3, -0.25) is 0 Å². The van der Waals surface area contributed by atoms with E-state index in [-0.39, 0.29) is 5.56 Å². The molecular weight excluding hydrogens is 207 g/mol. The molecule has 0 aromatic heterocycles. The first-order chi connectivity index (χ1) is 7.68. The molecule has 0 aliphatic heterocycles. The van der Waals surface area contributed by atoms with Crippen LogP contribution in [0.5, 0.6) is 0 Å². The highest BCUT2D eigenvalue weighted by molar-refractivity contribution is 5.95. The SMILES string of the molecule is O=C(O)c1ccc(F)cc1-c1ccccc1. The molecule has 0 aliphatic carbocycles. The Labute approximate surface area is 92.0 Å². The molecule has 1 N–H and O–H groups in total. The van der Waals surface area contributed by atoms with E-state index in [0.29, 0.717) is 11.1 Å². The second kappa shape index (κ2) is 4.14. The predicted octanol–water partition coefficient (Wildman–Crippen LogP) is 3.19. The van der Waals surface area contributed by atoms with E-state index in [2.05, 4.69) is 0 Å². The molecule has 0 amide bonds. The zero-order valence-electron chi connectivity index (χ0n) is 8.35. The van der Waals surface area contributed by atoms with E-state index < -0.39 is 11.8 Å². The van der Waals surface area contributed by atoms with Gasteiger partial charge in [-0.25, -0.2) is 9.18 Å². The summed E-state index contributed by atoms with van der Waals surface area (Å²) < 4.78 is 13.1. The van der Waals surface area contributed by atoms with Crippen molar-refractivity contribution in [2.45, 2.75) is 0 Å². The van der Waals surface area contributed by atoms with Crippen LogP contribution in [0.3, 0.4) is 0 Å². The van der Waals surface area contributed by atoms with Gasteiger partial charge >= 0.3 is 5.97 Å². The molecule has 0 spiro atoms. The van der Waals surface area contributed by atoms with Crippen molar-refractivity contribution in [1.29, 1.82) is 0 Å². The number of carboxylic acids is 1. The first-order valence-electron chi connectivity index (χ1n) is 4.77. The quantitative estimate of drug-likeness (QED) is 0.837. The lowest BCUT2D eigenvalue weighted by Gasteiger charge is -2.06. The fourth-order valence-electron chi connectivity index (χ4n) is 1.56. The molecule has 2 aromatic rings. The predicted molar refractivity (Wildman–Crippen MR) is 58.8 cm³/mol. The van der Waals surface area contributed by atoms with Crippen molar-refractivity contribution in [1.82, 2.24) is 0 Å². The summed E-state index contributed by atoms with van der Waals surface area (Å²) in [5, 5.41) is 9.00. The average molecular weight is 216 g/mol. The van der Waals surface area contributed by atoms with Crippen molar-refractivity contribution in [2.75, 3.05) is 0 Å². The molecule has 2 rings (SSSR count). The van der Waals surface area contributed by atoms with E-state index in [0.717, 1.165) is 6.07 Å². The van der Waals surface area contributed by atoms with Crippen LogP contribution in [-0.4, -0.2) is 11.1 Å². The minimum Gasteiger partial charge on any atom is -0.478 e. The van der Waals surface area contributed by atoms with Crippen molar-refractivity contribution < 1.29 is 14.3 Å². The molecule has 16 heavy (non-hydrogen) atoms. The maximum absolute atomic E-state index is 13.1. The van der Waals surface area contributed by atoms with E-state index in [9.17, 15) is 9.18 Å². The van der Waals surface area contributed by atoms with Crippen molar-refractivity contribution in [3.63, 3.8) is 0 Å². The third kappa shape index (κ3) is 1.93. The summed E-state index contributed by atoms with van der Waals surface area (Å²) in [6.07, 6.45) is 0. The van der Waals surface area contributed by atoms with Crippen molar-refractivity contribution in [2.24, 2.45) is 0 Å². The second-order valence-electron chi connectivity index (χ2n) is 3.36. The minimum atomic E-state index is -1.06. The average Bonchev–Trinajstić information content (AvgIpc) is 2.29. The highest BCUT2D eigenvalue weighted by Gasteiger charge is 2.11. The molecular formula is C13H9FO2. The number of carbonyl (C=O) groups is 1.